The standard InChI is InChI=1S/C18H19F9O2/c1-4-10(2)29-12-7-5-11(6-8-12)13(3,28)9-14(19)15(20,21)17(24,25)18(26,27)16(14,22)23/h5-8,10,28H,4,9H2,1-3H3. The maximum absolute atomic E-state index is 14.7. The molecule has 0 aliphatic heterocycles. The molecule has 1 saturated carbocycles. The molecule has 1 aromatic carbocycles. The first-order valence-electron chi connectivity index (χ1n) is 8.59. The molecule has 1 aromatic rings. The first-order chi connectivity index (χ1) is 12.9. The van der Waals surface area contributed by atoms with E-state index in [4.69, 9.17) is 4.74 Å². The van der Waals surface area contributed by atoms with E-state index in [1.165, 1.54) is 12.1 Å². The Bertz CT molecular complexity index is 718. The Balaban J connectivity index is 2.42. The van der Waals surface area contributed by atoms with Gasteiger partial charge in [0.25, 0.3) is 5.67 Å². The van der Waals surface area contributed by atoms with E-state index in [9.17, 15) is 44.6 Å². The Morgan fingerprint density at radius 2 is 1.28 bits per heavy atom. The molecule has 2 unspecified atom stereocenters. The third-order valence-electron chi connectivity index (χ3n) is 5.15. The molecule has 0 aromatic heterocycles. The second-order valence-electron chi connectivity index (χ2n) is 7.41. The normalized spacial score (nSPS) is 26.5. The summed E-state index contributed by atoms with van der Waals surface area (Å²) in [5.74, 6) is -26.0. The quantitative estimate of drug-likeness (QED) is 0.576. The van der Waals surface area contributed by atoms with Crippen LogP contribution in [-0.4, -0.2) is 40.6 Å². The van der Waals surface area contributed by atoms with Crippen LogP contribution < -0.4 is 4.74 Å². The largest absolute Gasteiger partial charge is 0.491 e. The molecule has 0 radical (unpaired) electrons. The van der Waals surface area contributed by atoms with Crippen LogP contribution in [0.15, 0.2) is 24.3 Å². The monoisotopic (exact) mass is 438 g/mol. The van der Waals surface area contributed by atoms with Crippen LogP contribution in [0, 0.1) is 0 Å². The lowest BCUT2D eigenvalue weighted by molar-refractivity contribution is -0.303. The molecule has 1 fully saturated rings. The van der Waals surface area contributed by atoms with Crippen LogP contribution in [-0.2, 0) is 5.60 Å². The van der Waals surface area contributed by atoms with Crippen LogP contribution in [0.3, 0.4) is 0 Å². The van der Waals surface area contributed by atoms with Gasteiger partial charge in [0.2, 0.25) is 0 Å². The van der Waals surface area contributed by atoms with E-state index in [0.717, 1.165) is 12.1 Å². The highest BCUT2D eigenvalue weighted by atomic mass is 19.4. The summed E-state index contributed by atoms with van der Waals surface area (Å²) in [4.78, 5) is 0. The summed E-state index contributed by atoms with van der Waals surface area (Å²) in [5.41, 5.74) is -9.06. The third-order valence-corrected chi connectivity index (χ3v) is 5.15. The molecule has 29 heavy (non-hydrogen) atoms. The van der Waals surface area contributed by atoms with Crippen molar-refractivity contribution in [2.24, 2.45) is 0 Å². The predicted octanol–water partition coefficient (Wildman–Crippen LogP) is 5.72. The smallest absolute Gasteiger partial charge is 0.381 e. The van der Waals surface area contributed by atoms with E-state index in [1.54, 1.807) is 6.92 Å². The lowest BCUT2D eigenvalue weighted by Gasteiger charge is -2.37. The number of benzene rings is 1. The van der Waals surface area contributed by atoms with Crippen molar-refractivity contribution in [1.82, 2.24) is 0 Å². The van der Waals surface area contributed by atoms with E-state index in [2.05, 4.69) is 0 Å². The minimum Gasteiger partial charge on any atom is -0.491 e. The molecule has 0 amide bonds. The van der Waals surface area contributed by atoms with Gasteiger partial charge in [0.15, 0.2) is 0 Å². The van der Waals surface area contributed by atoms with Gasteiger partial charge in [-0.1, -0.05) is 19.1 Å². The van der Waals surface area contributed by atoms with E-state index < -0.39 is 46.9 Å². The summed E-state index contributed by atoms with van der Waals surface area (Å²) in [7, 11) is 0. The van der Waals surface area contributed by atoms with Gasteiger partial charge < -0.3 is 9.84 Å². The van der Waals surface area contributed by atoms with E-state index in [-0.39, 0.29) is 11.9 Å². The number of hydrogen-bond donors (Lipinski definition) is 1. The number of ether oxygens (including phenoxy) is 1. The lowest BCUT2D eigenvalue weighted by atomic mass is 9.80. The topological polar surface area (TPSA) is 29.5 Å². The maximum atomic E-state index is 14.7. The van der Waals surface area contributed by atoms with Gasteiger partial charge in [-0.2, -0.15) is 35.1 Å². The van der Waals surface area contributed by atoms with E-state index in [0.29, 0.717) is 13.3 Å². The van der Waals surface area contributed by atoms with Crippen molar-refractivity contribution in [3.05, 3.63) is 29.8 Å². The summed E-state index contributed by atoms with van der Waals surface area (Å²) in [6, 6.07) is 4.41. The average Bonchev–Trinajstić information content (AvgIpc) is 2.64. The lowest BCUT2D eigenvalue weighted by Crippen LogP contribution is -2.57. The number of rotatable bonds is 6. The highest BCUT2D eigenvalue weighted by Crippen LogP contribution is 2.70. The van der Waals surface area contributed by atoms with Crippen molar-refractivity contribution < 1.29 is 49.4 Å². The van der Waals surface area contributed by atoms with Gasteiger partial charge in [-0.3, -0.25) is 0 Å². The highest BCUT2D eigenvalue weighted by Gasteiger charge is 3.00. The van der Waals surface area contributed by atoms with Crippen LogP contribution in [0.1, 0.15) is 39.2 Å². The van der Waals surface area contributed by atoms with Crippen molar-refractivity contribution in [3.8, 4) is 5.75 Å². The summed E-state index contributed by atoms with van der Waals surface area (Å²) >= 11 is 0. The van der Waals surface area contributed by atoms with Crippen molar-refractivity contribution in [3.63, 3.8) is 0 Å². The average molecular weight is 438 g/mol. The Morgan fingerprint density at radius 1 is 0.862 bits per heavy atom. The molecule has 1 aliphatic carbocycles. The summed E-state index contributed by atoms with van der Waals surface area (Å²) < 4.78 is 129. The molecular formula is C18H19F9O2. The SMILES string of the molecule is CCC(C)Oc1ccc(C(C)(O)CC2(F)C(F)(F)C(F)(F)C(F)(F)C2(F)F)cc1. The Hall–Kier alpha value is -1.65. The first-order valence-corrected chi connectivity index (χ1v) is 8.59. The summed E-state index contributed by atoms with van der Waals surface area (Å²) in [5, 5.41) is 10.3. The molecule has 11 heteroatoms. The molecule has 0 heterocycles. The minimum absolute atomic E-state index is 0.226. The van der Waals surface area contributed by atoms with Crippen molar-refractivity contribution in [1.29, 1.82) is 0 Å². The Morgan fingerprint density at radius 3 is 1.66 bits per heavy atom. The van der Waals surface area contributed by atoms with Gasteiger partial charge in [0.1, 0.15) is 5.75 Å². The molecule has 0 bridgehead atoms. The highest BCUT2D eigenvalue weighted by molar-refractivity contribution is 5.34. The molecular weight excluding hydrogens is 419 g/mol. The van der Waals surface area contributed by atoms with Crippen molar-refractivity contribution >= 4 is 0 Å². The van der Waals surface area contributed by atoms with Gasteiger partial charge in [-0.05, 0) is 38.0 Å². The molecule has 1 N–H and O–H groups in total. The number of hydrogen-bond acceptors (Lipinski definition) is 2. The van der Waals surface area contributed by atoms with Gasteiger partial charge in [-0.25, -0.2) is 4.39 Å². The van der Waals surface area contributed by atoms with Crippen LogP contribution in [0.5, 0.6) is 5.75 Å². The fourth-order valence-electron chi connectivity index (χ4n) is 3.10. The zero-order valence-electron chi connectivity index (χ0n) is 15.6. The number of alkyl halides is 9. The Kier molecular flexibility index (Phi) is 5.44. The van der Waals surface area contributed by atoms with Gasteiger partial charge in [0, 0.05) is 6.42 Å². The van der Waals surface area contributed by atoms with Crippen LogP contribution in [0.25, 0.3) is 0 Å². The fraction of sp³-hybridized carbons (Fsp3) is 0.667. The molecule has 1 aliphatic rings. The molecule has 2 rings (SSSR count). The van der Waals surface area contributed by atoms with E-state index >= 15 is 0 Å². The fourth-order valence-corrected chi connectivity index (χ4v) is 3.10. The van der Waals surface area contributed by atoms with Gasteiger partial charge in [0.05, 0.1) is 11.7 Å². The van der Waals surface area contributed by atoms with Gasteiger partial charge >= 0.3 is 23.7 Å². The molecule has 2 nitrogen and oxygen atoms in total. The van der Waals surface area contributed by atoms with Crippen molar-refractivity contribution in [2.75, 3.05) is 0 Å². The maximum Gasteiger partial charge on any atom is 0.381 e. The zero-order chi connectivity index (χ0) is 22.7. The second-order valence-corrected chi connectivity index (χ2v) is 7.41. The number of halogens is 9. The van der Waals surface area contributed by atoms with Gasteiger partial charge in [-0.15, -0.1) is 0 Å². The number of aliphatic hydroxyl groups is 1. The summed E-state index contributed by atoms with van der Waals surface area (Å²) in [6.07, 6.45) is -2.01. The first kappa shape index (κ1) is 23.6. The third kappa shape index (κ3) is 3.07. The van der Waals surface area contributed by atoms with Crippen LogP contribution in [0.2, 0.25) is 0 Å². The molecule has 2 atom stereocenters. The predicted molar refractivity (Wildman–Crippen MR) is 84.6 cm³/mol. The van der Waals surface area contributed by atoms with Crippen molar-refractivity contribution in [2.45, 2.75) is 74.7 Å². The molecule has 166 valence electrons. The molecule has 0 saturated heterocycles. The molecule has 0 spiro atoms. The van der Waals surface area contributed by atoms with Crippen LogP contribution >= 0.6 is 0 Å². The Labute approximate surface area is 160 Å². The van der Waals surface area contributed by atoms with Crippen LogP contribution in [0.4, 0.5) is 39.5 Å². The minimum atomic E-state index is -6.66. The summed E-state index contributed by atoms with van der Waals surface area (Å²) in [6.45, 7) is 4.12. The zero-order valence-corrected chi connectivity index (χ0v) is 15.6. The second kappa shape index (κ2) is 6.68. The van der Waals surface area contributed by atoms with E-state index in [1.807, 2.05) is 6.92 Å².